The molecule has 1 aliphatic carbocycles. The third-order valence-corrected chi connectivity index (χ3v) is 11.1. The first-order valence-corrected chi connectivity index (χ1v) is 18.5. The Morgan fingerprint density at radius 2 is 1.75 bits per heavy atom. The van der Waals surface area contributed by atoms with Crippen molar-refractivity contribution in [1.82, 2.24) is 9.88 Å². The Bertz CT molecular complexity index is 1770. The smallest absolute Gasteiger partial charge is 0.425 e. The molecule has 0 bridgehead atoms. The van der Waals surface area contributed by atoms with Gasteiger partial charge in [-0.25, -0.2) is 0 Å². The molecule has 2 aliphatic rings. The van der Waals surface area contributed by atoms with Crippen LogP contribution in [0.15, 0.2) is 54.2 Å². The van der Waals surface area contributed by atoms with Crippen LogP contribution in [0.1, 0.15) is 104 Å². The lowest BCUT2D eigenvalue weighted by atomic mass is 9.68. The molecule has 0 spiro atoms. The summed E-state index contributed by atoms with van der Waals surface area (Å²) in [5.74, 6) is -2.00. The van der Waals surface area contributed by atoms with Gasteiger partial charge in [-0.15, -0.1) is 11.3 Å². The second-order valence-electron chi connectivity index (χ2n) is 13.8. The van der Waals surface area contributed by atoms with Crippen LogP contribution in [0, 0.1) is 5.92 Å². The fourth-order valence-corrected chi connectivity index (χ4v) is 8.28. The summed E-state index contributed by atoms with van der Waals surface area (Å²) in [6.45, 7) is 3.50. The van der Waals surface area contributed by atoms with Crippen LogP contribution in [-0.2, 0) is 27.5 Å². The second kappa shape index (κ2) is 16.2. The lowest BCUT2D eigenvalue weighted by Crippen LogP contribution is -2.66. The standard InChI is InChI=1S/C38H42F6N2O6S/c1-3-8-31-36(52-26-21-32(53-23-26)38(42,43)44,15-7-19-46(31)34(49)27-22-45-18-14-28(27)37(39,40)41)33(48)25-12-16-35(50,17-13-25)29-10-4-5-11-30(29)51-20-6-9-24(2)47/h4-5,10-11,14,18,21-23,25,31,50H,3,6-9,12-13,15-17,19-20H2,1-2H3/t25?,31-,35?,36+/m1/s1. The van der Waals surface area contributed by atoms with Gasteiger partial charge in [0.25, 0.3) is 5.91 Å². The Kier molecular flexibility index (Phi) is 12.3. The fraction of sp³-hybridized carbons (Fsp3) is 0.526. The number of para-hydroxylation sites is 1. The summed E-state index contributed by atoms with van der Waals surface area (Å²) in [7, 11) is 0. The van der Waals surface area contributed by atoms with E-state index in [9.17, 15) is 45.8 Å². The number of thiophene rings is 1. The van der Waals surface area contributed by atoms with Crippen molar-refractivity contribution in [1.29, 1.82) is 0 Å². The van der Waals surface area contributed by atoms with Crippen molar-refractivity contribution in [2.75, 3.05) is 13.2 Å². The summed E-state index contributed by atoms with van der Waals surface area (Å²) in [5, 5.41) is 13.0. The third kappa shape index (κ3) is 8.88. The van der Waals surface area contributed by atoms with Crippen molar-refractivity contribution < 1.29 is 55.3 Å². The van der Waals surface area contributed by atoms with Gasteiger partial charge in [0.05, 0.1) is 29.4 Å². The lowest BCUT2D eigenvalue weighted by Gasteiger charge is -2.50. The van der Waals surface area contributed by atoms with E-state index >= 15 is 0 Å². The lowest BCUT2D eigenvalue weighted by molar-refractivity contribution is -0.153. The Hall–Kier alpha value is -3.98. The number of pyridine rings is 1. The van der Waals surface area contributed by atoms with Crippen molar-refractivity contribution in [3.8, 4) is 11.5 Å². The number of ketones is 2. The molecule has 53 heavy (non-hydrogen) atoms. The molecule has 2 atom stereocenters. The number of Topliss-reactive ketones (excluding diaryl/α,β-unsaturated/α-hetero) is 2. The van der Waals surface area contributed by atoms with E-state index in [1.807, 2.05) is 0 Å². The SMILES string of the molecule is CCC[C@H]1N(C(=O)c2cnccc2C(F)(F)F)CCC[C@@]1(Oc1csc(C(F)(F)F)c1)C(=O)C1CCC(O)(c2ccccc2OCCCC(C)=O)CC1. The maximum absolute atomic E-state index is 14.9. The molecular formula is C38H42F6N2O6S. The Morgan fingerprint density at radius 3 is 2.40 bits per heavy atom. The number of halogens is 6. The van der Waals surface area contributed by atoms with Crippen molar-refractivity contribution in [2.24, 2.45) is 5.92 Å². The zero-order chi connectivity index (χ0) is 38.6. The van der Waals surface area contributed by atoms with E-state index < -0.39 is 63.2 Å². The zero-order valence-electron chi connectivity index (χ0n) is 29.4. The fourth-order valence-electron chi connectivity index (χ4n) is 7.60. The molecule has 1 N–H and O–H groups in total. The number of carbonyl (C=O) groups is 3. The van der Waals surface area contributed by atoms with E-state index in [1.165, 1.54) is 11.8 Å². The van der Waals surface area contributed by atoms with Crippen LogP contribution >= 0.6 is 11.3 Å². The predicted molar refractivity (Wildman–Crippen MR) is 184 cm³/mol. The van der Waals surface area contributed by atoms with E-state index in [1.54, 1.807) is 31.2 Å². The van der Waals surface area contributed by atoms with Crippen LogP contribution in [0.4, 0.5) is 26.3 Å². The molecule has 5 rings (SSSR count). The number of hydrogen-bond acceptors (Lipinski definition) is 8. The Balaban J connectivity index is 1.48. The molecule has 3 heterocycles. The summed E-state index contributed by atoms with van der Waals surface area (Å²) in [4.78, 5) is 44.3. The van der Waals surface area contributed by atoms with Crippen LogP contribution in [0.3, 0.4) is 0 Å². The monoisotopic (exact) mass is 768 g/mol. The van der Waals surface area contributed by atoms with Crippen LogP contribution in [-0.4, -0.2) is 57.3 Å². The van der Waals surface area contributed by atoms with Crippen LogP contribution in [0.25, 0.3) is 0 Å². The number of nitrogens with zero attached hydrogens (tertiary/aromatic N) is 2. The van der Waals surface area contributed by atoms with Crippen molar-refractivity contribution >= 4 is 28.8 Å². The molecule has 1 amide bonds. The highest BCUT2D eigenvalue weighted by molar-refractivity contribution is 7.10. The predicted octanol–water partition coefficient (Wildman–Crippen LogP) is 8.80. The molecule has 2 aromatic heterocycles. The average Bonchev–Trinajstić information content (AvgIpc) is 3.60. The first-order valence-electron chi connectivity index (χ1n) is 17.7. The van der Waals surface area contributed by atoms with Gasteiger partial charge < -0.3 is 24.3 Å². The van der Waals surface area contributed by atoms with Gasteiger partial charge in [0.15, 0.2) is 11.4 Å². The minimum Gasteiger partial charge on any atom is -0.493 e. The molecule has 1 aliphatic heterocycles. The maximum atomic E-state index is 14.9. The Morgan fingerprint density at radius 1 is 1.04 bits per heavy atom. The van der Waals surface area contributed by atoms with Crippen LogP contribution in [0.5, 0.6) is 11.5 Å². The number of aromatic nitrogens is 1. The molecule has 0 radical (unpaired) electrons. The quantitative estimate of drug-likeness (QED) is 0.137. The molecule has 0 unspecified atom stereocenters. The summed E-state index contributed by atoms with van der Waals surface area (Å²) >= 11 is 0.385. The molecule has 15 heteroatoms. The van der Waals surface area contributed by atoms with E-state index in [0.717, 1.165) is 23.8 Å². The molecule has 1 saturated carbocycles. The number of ether oxygens (including phenoxy) is 2. The van der Waals surface area contributed by atoms with Gasteiger partial charge in [0.2, 0.25) is 0 Å². The van der Waals surface area contributed by atoms with Gasteiger partial charge in [-0.2, -0.15) is 26.3 Å². The number of aliphatic hydroxyl groups is 1. The van der Waals surface area contributed by atoms with E-state index in [0.29, 0.717) is 48.0 Å². The van der Waals surface area contributed by atoms with Crippen LogP contribution < -0.4 is 9.47 Å². The number of piperidine rings is 1. The highest BCUT2D eigenvalue weighted by Gasteiger charge is 2.56. The average molecular weight is 769 g/mol. The highest BCUT2D eigenvalue weighted by Crippen LogP contribution is 2.48. The molecule has 2 fully saturated rings. The maximum Gasteiger partial charge on any atom is 0.425 e. The molecule has 1 saturated heterocycles. The molecule has 8 nitrogen and oxygen atoms in total. The minimum atomic E-state index is -4.88. The number of hydrogen-bond donors (Lipinski definition) is 1. The third-order valence-electron chi connectivity index (χ3n) is 10.1. The van der Waals surface area contributed by atoms with Gasteiger partial charge in [-0.1, -0.05) is 31.5 Å². The summed E-state index contributed by atoms with van der Waals surface area (Å²) in [5.41, 5.74) is -4.66. The normalized spacial score (nSPS) is 23.8. The number of amides is 1. The number of rotatable bonds is 13. The topological polar surface area (TPSA) is 106 Å². The van der Waals surface area contributed by atoms with Crippen molar-refractivity contribution in [3.63, 3.8) is 0 Å². The number of alkyl halides is 6. The largest absolute Gasteiger partial charge is 0.493 e. The summed E-state index contributed by atoms with van der Waals surface area (Å²) in [6, 6.07) is 7.32. The molecule has 288 valence electrons. The van der Waals surface area contributed by atoms with E-state index in [-0.39, 0.29) is 69.6 Å². The molecule has 1 aromatic carbocycles. The summed E-state index contributed by atoms with van der Waals surface area (Å²) < 4.78 is 95.4. The minimum absolute atomic E-state index is 0.00828. The van der Waals surface area contributed by atoms with Crippen molar-refractivity contribution in [2.45, 2.75) is 108 Å². The number of carbonyl (C=O) groups excluding carboxylic acids is 3. The highest BCUT2D eigenvalue weighted by atomic mass is 32.1. The van der Waals surface area contributed by atoms with Crippen LogP contribution in [0.2, 0.25) is 0 Å². The zero-order valence-corrected chi connectivity index (χ0v) is 30.2. The number of likely N-dealkylation sites (tertiary alicyclic amines) is 1. The van der Waals surface area contributed by atoms with Gasteiger partial charge in [-0.05, 0) is 70.4 Å². The first-order chi connectivity index (χ1) is 25.0. The Labute approximate surface area is 307 Å². The number of benzene rings is 1. The van der Waals surface area contributed by atoms with E-state index in [4.69, 9.17) is 9.47 Å². The molecule has 3 aromatic rings. The van der Waals surface area contributed by atoms with Crippen molar-refractivity contribution in [3.05, 3.63) is 75.7 Å². The summed E-state index contributed by atoms with van der Waals surface area (Å²) in [6.07, 6.45) is -5.80. The molecular weight excluding hydrogens is 726 g/mol. The van der Waals surface area contributed by atoms with Gasteiger partial charge in [0.1, 0.15) is 22.2 Å². The van der Waals surface area contributed by atoms with Gasteiger partial charge >= 0.3 is 12.4 Å². The van der Waals surface area contributed by atoms with Gasteiger partial charge in [-0.3, -0.25) is 14.6 Å². The second-order valence-corrected chi connectivity index (χ2v) is 14.7. The first kappa shape index (κ1) is 40.2. The van der Waals surface area contributed by atoms with Gasteiger partial charge in [0, 0.05) is 48.3 Å². The van der Waals surface area contributed by atoms with E-state index in [2.05, 4.69) is 4.98 Å².